The Morgan fingerprint density at radius 2 is 1.82 bits per heavy atom. The molecule has 0 fully saturated rings. The first-order valence-electron chi connectivity index (χ1n) is 6.47. The summed E-state index contributed by atoms with van der Waals surface area (Å²) in [5.41, 5.74) is 0.873. The minimum Gasteiger partial charge on any atom is -0.324 e. The molecule has 0 amide bonds. The van der Waals surface area contributed by atoms with Crippen LogP contribution in [-0.2, 0) is 10.0 Å². The maximum atomic E-state index is 13.0. The molecule has 7 heteroatoms. The lowest BCUT2D eigenvalue weighted by molar-refractivity contribution is 0.608. The van der Waals surface area contributed by atoms with Gasteiger partial charge < -0.3 is 5.32 Å². The van der Waals surface area contributed by atoms with Crippen LogP contribution in [0.5, 0.6) is 0 Å². The van der Waals surface area contributed by atoms with E-state index in [1.165, 1.54) is 24.3 Å². The Morgan fingerprint density at radius 3 is 2.45 bits per heavy atom. The van der Waals surface area contributed by atoms with Gasteiger partial charge >= 0.3 is 0 Å². The molecule has 2 aromatic rings. The molecule has 1 aliphatic rings. The molecule has 0 spiro atoms. The summed E-state index contributed by atoms with van der Waals surface area (Å²) in [5, 5.41) is 2.89. The van der Waals surface area contributed by atoms with Crippen molar-refractivity contribution in [2.45, 2.75) is 6.92 Å². The van der Waals surface area contributed by atoms with Crippen molar-refractivity contribution >= 4 is 26.6 Å². The SMILES string of the molecule is CC1=C(c2ccc(F)cc2)S(=O)(=O)N=C1Nc1ccccn1. The van der Waals surface area contributed by atoms with Crippen LogP contribution in [0, 0.1) is 5.82 Å². The Balaban J connectivity index is 2.02. The Labute approximate surface area is 127 Å². The zero-order valence-corrected chi connectivity index (χ0v) is 12.4. The van der Waals surface area contributed by atoms with Gasteiger partial charge in [0.1, 0.15) is 22.4 Å². The highest BCUT2D eigenvalue weighted by Crippen LogP contribution is 2.32. The molecule has 0 atom stereocenters. The molecule has 1 aliphatic heterocycles. The number of rotatable bonds is 2. The third-order valence-corrected chi connectivity index (χ3v) is 4.66. The number of pyridine rings is 1. The van der Waals surface area contributed by atoms with Crippen molar-refractivity contribution in [2.24, 2.45) is 4.40 Å². The number of nitrogens with zero attached hydrogens (tertiary/aromatic N) is 2. The number of benzene rings is 1. The van der Waals surface area contributed by atoms with Gasteiger partial charge in [-0.3, -0.25) is 0 Å². The average molecular weight is 317 g/mol. The second kappa shape index (κ2) is 5.34. The van der Waals surface area contributed by atoms with E-state index in [2.05, 4.69) is 14.7 Å². The van der Waals surface area contributed by atoms with Gasteiger partial charge in [-0.15, -0.1) is 4.40 Å². The molecule has 22 heavy (non-hydrogen) atoms. The first-order chi connectivity index (χ1) is 10.5. The minimum atomic E-state index is -3.82. The highest BCUT2D eigenvalue weighted by atomic mass is 32.2. The zero-order chi connectivity index (χ0) is 15.7. The van der Waals surface area contributed by atoms with Crippen LogP contribution in [0.1, 0.15) is 12.5 Å². The van der Waals surface area contributed by atoms with Crippen LogP contribution >= 0.6 is 0 Å². The van der Waals surface area contributed by atoms with Crippen LogP contribution in [0.3, 0.4) is 0 Å². The van der Waals surface area contributed by atoms with E-state index in [9.17, 15) is 12.8 Å². The van der Waals surface area contributed by atoms with Gasteiger partial charge in [-0.25, -0.2) is 9.37 Å². The Morgan fingerprint density at radius 1 is 1.09 bits per heavy atom. The number of aromatic nitrogens is 1. The van der Waals surface area contributed by atoms with Crippen LogP contribution in [0.25, 0.3) is 4.91 Å². The van der Waals surface area contributed by atoms with Crippen LogP contribution in [-0.4, -0.2) is 19.2 Å². The van der Waals surface area contributed by atoms with E-state index in [0.29, 0.717) is 17.0 Å². The molecule has 0 aliphatic carbocycles. The minimum absolute atomic E-state index is 0.0749. The van der Waals surface area contributed by atoms with Crippen LogP contribution in [0.2, 0.25) is 0 Å². The summed E-state index contributed by atoms with van der Waals surface area (Å²) >= 11 is 0. The maximum Gasteiger partial charge on any atom is 0.285 e. The first kappa shape index (κ1) is 14.4. The normalized spacial score (nSPS) is 16.5. The summed E-state index contributed by atoms with van der Waals surface area (Å²) in [5.74, 6) is 0.291. The molecule has 0 radical (unpaired) electrons. The standard InChI is InChI=1S/C15H12FN3O2S/c1-10-14(11-5-7-12(16)8-6-11)22(20,21)19-15(10)18-13-4-2-3-9-17-13/h2-9H,1H3,(H,17,18,19). The van der Waals surface area contributed by atoms with Crippen molar-refractivity contribution in [1.29, 1.82) is 0 Å². The van der Waals surface area contributed by atoms with Crippen molar-refractivity contribution < 1.29 is 12.8 Å². The molecule has 1 N–H and O–H groups in total. The number of nitrogens with one attached hydrogen (secondary N) is 1. The molecule has 112 valence electrons. The fourth-order valence-corrected chi connectivity index (χ4v) is 3.61. The zero-order valence-electron chi connectivity index (χ0n) is 11.6. The average Bonchev–Trinajstić information content (AvgIpc) is 2.71. The topological polar surface area (TPSA) is 71.4 Å². The molecule has 1 aromatic carbocycles. The Bertz CT molecular complexity index is 873. The fourth-order valence-electron chi connectivity index (χ4n) is 2.18. The quantitative estimate of drug-likeness (QED) is 0.924. The lowest BCUT2D eigenvalue weighted by Gasteiger charge is -2.06. The second-order valence-corrected chi connectivity index (χ2v) is 6.26. The van der Waals surface area contributed by atoms with Crippen LogP contribution in [0.4, 0.5) is 10.2 Å². The number of sulfonamides is 1. The Kier molecular flexibility index (Phi) is 3.50. The summed E-state index contributed by atoms with van der Waals surface area (Å²) in [7, 11) is -3.82. The van der Waals surface area contributed by atoms with Gasteiger partial charge in [-0.2, -0.15) is 8.42 Å². The van der Waals surface area contributed by atoms with E-state index < -0.39 is 15.8 Å². The predicted molar refractivity (Wildman–Crippen MR) is 83.2 cm³/mol. The monoisotopic (exact) mass is 317 g/mol. The largest absolute Gasteiger partial charge is 0.324 e. The smallest absolute Gasteiger partial charge is 0.285 e. The molecule has 5 nitrogen and oxygen atoms in total. The van der Waals surface area contributed by atoms with Crippen molar-refractivity contribution in [1.82, 2.24) is 4.98 Å². The van der Waals surface area contributed by atoms with Gasteiger partial charge in [0, 0.05) is 11.8 Å². The summed E-state index contributed by atoms with van der Waals surface area (Å²) in [6.07, 6.45) is 1.59. The lowest BCUT2D eigenvalue weighted by Crippen LogP contribution is -2.12. The highest BCUT2D eigenvalue weighted by Gasteiger charge is 2.31. The van der Waals surface area contributed by atoms with Gasteiger partial charge in [-0.05, 0) is 36.8 Å². The summed E-state index contributed by atoms with van der Waals surface area (Å²) in [6, 6.07) is 10.5. The van der Waals surface area contributed by atoms with Crippen molar-refractivity contribution in [2.75, 3.05) is 5.32 Å². The Hall–Kier alpha value is -2.54. The van der Waals surface area contributed by atoms with Gasteiger partial charge in [0.25, 0.3) is 10.0 Å². The van der Waals surface area contributed by atoms with Crippen LogP contribution in [0.15, 0.2) is 58.6 Å². The van der Waals surface area contributed by atoms with Crippen LogP contribution < -0.4 is 5.32 Å². The number of hydrogen-bond acceptors (Lipinski definition) is 4. The van der Waals surface area contributed by atoms with E-state index in [1.54, 1.807) is 31.3 Å². The molecule has 1 aromatic heterocycles. The number of halogens is 1. The third kappa shape index (κ3) is 2.62. The van der Waals surface area contributed by atoms with E-state index in [-0.39, 0.29) is 10.7 Å². The van der Waals surface area contributed by atoms with E-state index >= 15 is 0 Å². The molecule has 0 saturated heterocycles. The van der Waals surface area contributed by atoms with Crippen molar-refractivity contribution in [3.8, 4) is 0 Å². The van der Waals surface area contributed by atoms with Gasteiger partial charge in [-0.1, -0.05) is 18.2 Å². The van der Waals surface area contributed by atoms with Crippen molar-refractivity contribution in [3.05, 3.63) is 65.6 Å². The molecule has 0 unspecified atom stereocenters. The summed E-state index contributed by atoms with van der Waals surface area (Å²) in [4.78, 5) is 4.15. The predicted octanol–water partition coefficient (Wildman–Crippen LogP) is 2.81. The number of amidine groups is 1. The molecule has 0 bridgehead atoms. The van der Waals surface area contributed by atoms with E-state index in [1.807, 2.05) is 0 Å². The maximum absolute atomic E-state index is 13.0. The second-order valence-electron chi connectivity index (χ2n) is 4.72. The molecule has 3 rings (SSSR count). The third-order valence-electron chi connectivity index (χ3n) is 3.18. The first-order valence-corrected chi connectivity index (χ1v) is 7.91. The summed E-state index contributed by atoms with van der Waals surface area (Å²) in [6.45, 7) is 1.65. The molecule has 2 heterocycles. The van der Waals surface area contributed by atoms with E-state index in [0.717, 1.165) is 0 Å². The van der Waals surface area contributed by atoms with Gasteiger partial charge in [0.2, 0.25) is 0 Å². The lowest BCUT2D eigenvalue weighted by atomic mass is 10.1. The molecule has 0 saturated carbocycles. The van der Waals surface area contributed by atoms with Gasteiger partial charge in [0.05, 0.1) is 0 Å². The molecular weight excluding hydrogens is 305 g/mol. The van der Waals surface area contributed by atoms with Gasteiger partial charge in [0.15, 0.2) is 0 Å². The molecular formula is C15H12FN3O2S. The number of anilines is 1. The highest BCUT2D eigenvalue weighted by molar-refractivity contribution is 8.00. The van der Waals surface area contributed by atoms with E-state index in [4.69, 9.17) is 0 Å². The summed E-state index contributed by atoms with van der Waals surface area (Å²) < 4.78 is 41.3. The van der Waals surface area contributed by atoms with Crippen molar-refractivity contribution in [3.63, 3.8) is 0 Å². The fraction of sp³-hybridized carbons (Fsp3) is 0.0667. The number of hydrogen-bond donors (Lipinski definition) is 1.